The van der Waals surface area contributed by atoms with E-state index in [0.29, 0.717) is 19.6 Å². The molecule has 0 bridgehead atoms. The maximum absolute atomic E-state index is 9.96. The summed E-state index contributed by atoms with van der Waals surface area (Å²) in [5, 5.41) is 9.96. The van der Waals surface area contributed by atoms with Gasteiger partial charge in [-0.25, -0.2) is 0 Å². The second-order valence-corrected chi connectivity index (χ2v) is 4.73. The van der Waals surface area contributed by atoms with Crippen LogP contribution in [0.2, 0.25) is 0 Å². The van der Waals surface area contributed by atoms with Crippen molar-refractivity contribution >= 4 is 0 Å². The minimum Gasteiger partial charge on any atom is -0.373 e. The van der Waals surface area contributed by atoms with Crippen LogP contribution in [0.15, 0.2) is 0 Å². The summed E-state index contributed by atoms with van der Waals surface area (Å²) in [6.07, 6.45) is 5.36. The zero-order valence-corrected chi connectivity index (χ0v) is 13.5. The van der Waals surface area contributed by atoms with Crippen LogP contribution in [-0.4, -0.2) is 44.3 Å². The molecule has 0 aromatic heterocycles. The van der Waals surface area contributed by atoms with Gasteiger partial charge in [0.2, 0.25) is 0 Å². The van der Waals surface area contributed by atoms with Gasteiger partial charge in [-0.15, -0.1) is 0 Å². The van der Waals surface area contributed by atoms with Crippen LogP contribution in [0.1, 0.15) is 59.3 Å². The molecule has 0 saturated heterocycles. The van der Waals surface area contributed by atoms with E-state index in [1.165, 1.54) is 26.4 Å². The largest absolute Gasteiger partial charge is 0.373 e. The first kappa shape index (κ1) is 19.8. The van der Waals surface area contributed by atoms with E-state index < -0.39 is 12.3 Å². The fraction of sp³-hybridized carbons (Fsp3) is 1.00. The van der Waals surface area contributed by atoms with E-state index in [4.69, 9.17) is 18.9 Å². The van der Waals surface area contributed by atoms with Crippen LogP contribution in [-0.2, 0) is 18.9 Å². The average molecular weight is 292 g/mol. The van der Waals surface area contributed by atoms with E-state index in [0.717, 1.165) is 12.8 Å². The monoisotopic (exact) mass is 292 g/mol. The average Bonchev–Trinajstić information content (AvgIpc) is 2.44. The van der Waals surface area contributed by atoms with Crippen molar-refractivity contribution < 1.29 is 24.1 Å². The lowest BCUT2D eigenvalue weighted by atomic mass is 10.1. The first-order valence-corrected chi connectivity index (χ1v) is 7.76. The number of methoxy groups -OCH3 is 1. The molecule has 0 aliphatic carbocycles. The van der Waals surface area contributed by atoms with Gasteiger partial charge in [0, 0.05) is 20.3 Å². The predicted molar refractivity (Wildman–Crippen MR) is 78.3 cm³/mol. The Morgan fingerprint density at radius 1 is 1.00 bits per heavy atom. The van der Waals surface area contributed by atoms with E-state index in [9.17, 15) is 5.11 Å². The molecule has 0 aliphatic rings. The van der Waals surface area contributed by atoms with Gasteiger partial charge in [-0.05, 0) is 26.7 Å². The van der Waals surface area contributed by atoms with Gasteiger partial charge >= 0.3 is 5.97 Å². The molecule has 0 rings (SSSR count). The molecule has 0 radical (unpaired) electrons. The summed E-state index contributed by atoms with van der Waals surface area (Å²) in [4.78, 5) is 0. The van der Waals surface area contributed by atoms with Crippen molar-refractivity contribution in [3.05, 3.63) is 0 Å². The van der Waals surface area contributed by atoms with Gasteiger partial charge in [-0.2, -0.15) is 0 Å². The van der Waals surface area contributed by atoms with Crippen LogP contribution >= 0.6 is 0 Å². The highest BCUT2D eigenvalue weighted by Gasteiger charge is 2.35. The standard InChI is InChI=1S/C15H32O5/c1-5-8-9-10-11-12-14(16)20-15(17-4,19-7-3)13-18-6-2/h14,16H,5-13H2,1-4H3. The Morgan fingerprint density at radius 2 is 1.70 bits per heavy atom. The van der Waals surface area contributed by atoms with Crippen molar-refractivity contribution in [1.82, 2.24) is 0 Å². The highest BCUT2D eigenvalue weighted by atomic mass is 16.9. The van der Waals surface area contributed by atoms with Crippen molar-refractivity contribution in [3.8, 4) is 0 Å². The Balaban J connectivity index is 4.12. The number of hydrogen-bond acceptors (Lipinski definition) is 5. The molecule has 1 N–H and O–H groups in total. The molecular formula is C15H32O5. The molecule has 20 heavy (non-hydrogen) atoms. The van der Waals surface area contributed by atoms with Crippen LogP contribution in [0.25, 0.3) is 0 Å². The van der Waals surface area contributed by atoms with Gasteiger partial charge < -0.3 is 19.3 Å². The third-order valence-electron chi connectivity index (χ3n) is 3.03. The van der Waals surface area contributed by atoms with Crippen molar-refractivity contribution in [2.24, 2.45) is 0 Å². The maximum atomic E-state index is 9.96. The van der Waals surface area contributed by atoms with Crippen LogP contribution < -0.4 is 0 Å². The van der Waals surface area contributed by atoms with Crippen LogP contribution in [0.5, 0.6) is 0 Å². The Bertz CT molecular complexity index is 212. The number of ether oxygens (including phenoxy) is 4. The summed E-state index contributed by atoms with van der Waals surface area (Å²) in [7, 11) is 1.49. The highest BCUT2D eigenvalue weighted by molar-refractivity contribution is 4.58. The zero-order chi connectivity index (χ0) is 15.3. The van der Waals surface area contributed by atoms with Gasteiger partial charge in [-0.3, -0.25) is 4.74 Å². The molecule has 0 amide bonds. The summed E-state index contributed by atoms with van der Waals surface area (Å²) < 4.78 is 21.6. The smallest absolute Gasteiger partial charge is 0.309 e. The van der Waals surface area contributed by atoms with E-state index in [1.54, 1.807) is 0 Å². The number of hydrogen-bond donors (Lipinski definition) is 1. The topological polar surface area (TPSA) is 57.2 Å². The molecule has 5 heteroatoms. The molecule has 2 atom stereocenters. The highest BCUT2D eigenvalue weighted by Crippen LogP contribution is 2.19. The summed E-state index contributed by atoms with van der Waals surface area (Å²) in [5.41, 5.74) is 0. The molecule has 0 spiro atoms. The molecule has 0 aromatic rings. The summed E-state index contributed by atoms with van der Waals surface area (Å²) in [5.74, 6) is -1.31. The van der Waals surface area contributed by atoms with Crippen molar-refractivity contribution in [2.75, 3.05) is 26.9 Å². The number of aliphatic hydroxyl groups excluding tert-OH is 1. The van der Waals surface area contributed by atoms with Crippen LogP contribution in [0.3, 0.4) is 0 Å². The SMILES string of the molecule is CCCCCCCC(O)OC(COCC)(OC)OCC. The van der Waals surface area contributed by atoms with E-state index in [-0.39, 0.29) is 6.61 Å². The van der Waals surface area contributed by atoms with E-state index in [1.807, 2.05) is 13.8 Å². The third-order valence-corrected chi connectivity index (χ3v) is 3.03. The molecule has 122 valence electrons. The Labute approximate surface area is 123 Å². The second kappa shape index (κ2) is 12.5. The summed E-state index contributed by atoms with van der Waals surface area (Å²) in [6.45, 7) is 7.01. The number of unbranched alkanes of at least 4 members (excludes halogenated alkanes) is 4. The molecule has 0 fully saturated rings. The lowest BCUT2D eigenvalue weighted by Gasteiger charge is -2.33. The Morgan fingerprint density at radius 3 is 2.25 bits per heavy atom. The maximum Gasteiger partial charge on any atom is 0.309 e. The van der Waals surface area contributed by atoms with Crippen molar-refractivity contribution in [2.45, 2.75) is 71.6 Å². The van der Waals surface area contributed by atoms with Crippen LogP contribution in [0, 0.1) is 0 Å². The number of rotatable bonds is 14. The van der Waals surface area contributed by atoms with E-state index >= 15 is 0 Å². The predicted octanol–water partition coefficient (Wildman–Crippen LogP) is 3.06. The molecule has 2 unspecified atom stereocenters. The van der Waals surface area contributed by atoms with Gasteiger partial charge in [0.1, 0.15) is 6.61 Å². The van der Waals surface area contributed by atoms with Gasteiger partial charge in [-0.1, -0.05) is 32.6 Å². The first-order valence-electron chi connectivity index (χ1n) is 7.76. The molecule has 0 aromatic carbocycles. The fourth-order valence-electron chi connectivity index (χ4n) is 1.91. The fourth-order valence-corrected chi connectivity index (χ4v) is 1.91. The molecule has 0 heterocycles. The second-order valence-electron chi connectivity index (χ2n) is 4.73. The third kappa shape index (κ3) is 8.87. The molecule has 0 aliphatic heterocycles. The zero-order valence-electron chi connectivity index (χ0n) is 13.5. The quantitative estimate of drug-likeness (QED) is 0.394. The first-order chi connectivity index (χ1) is 9.64. The van der Waals surface area contributed by atoms with Gasteiger partial charge in [0.05, 0.1) is 0 Å². The van der Waals surface area contributed by atoms with Gasteiger partial charge in [0.15, 0.2) is 6.29 Å². The summed E-state index contributed by atoms with van der Waals surface area (Å²) >= 11 is 0. The lowest BCUT2D eigenvalue weighted by molar-refractivity contribution is -0.418. The van der Waals surface area contributed by atoms with Gasteiger partial charge in [0.25, 0.3) is 0 Å². The number of aliphatic hydroxyl groups is 1. The Hall–Kier alpha value is -0.200. The summed E-state index contributed by atoms with van der Waals surface area (Å²) in [6, 6.07) is 0. The Kier molecular flexibility index (Phi) is 12.4. The van der Waals surface area contributed by atoms with Crippen LogP contribution in [0.4, 0.5) is 0 Å². The lowest BCUT2D eigenvalue weighted by Crippen LogP contribution is -2.45. The molecule has 5 nitrogen and oxygen atoms in total. The van der Waals surface area contributed by atoms with Crippen molar-refractivity contribution in [3.63, 3.8) is 0 Å². The minimum absolute atomic E-state index is 0.140. The minimum atomic E-state index is -1.31. The molecular weight excluding hydrogens is 260 g/mol. The molecule has 0 saturated carbocycles. The van der Waals surface area contributed by atoms with E-state index in [2.05, 4.69) is 6.92 Å². The van der Waals surface area contributed by atoms with Crippen molar-refractivity contribution in [1.29, 1.82) is 0 Å². The normalized spacial score (nSPS) is 16.1.